The second kappa shape index (κ2) is 7.06. The quantitative estimate of drug-likeness (QED) is 0.856. The molecule has 1 saturated carbocycles. The summed E-state index contributed by atoms with van der Waals surface area (Å²) in [5.41, 5.74) is 2.42. The van der Waals surface area contributed by atoms with E-state index in [2.05, 4.69) is 23.0 Å². The minimum absolute atomic E-state index is 0.245. The highest BCUT2D eigenvalue weighted by Crippen LogP contribution is 2.24. The average Bonchev–Trinajstić information content (AvgIpc) is 2.80. The van der Waals surface area contributed by atoms with Crippen LogP contribution < -0.4 is 0 Å². The van der Waals surface area contributed by atoms with Gasteiger partial charge < -0.3 is 5.11 Å². The van der Waals surface area contributed by atoms with Crippen LogP contribution in [0, 0.1) is 0 Å². The topological polar surface area (TPSA) is 41.3 Å². The Bertz CT molecular complexity index is 383. The predicted octanol–water partition coefficient (Wildman–Crippen LogP) is 2.11. The summed E-state index contributed by atoms with van der Waals surface area (Å²) in [6, 6.07) is 2.84. The molecule has 1 aliphatic carbocycles. The van der Waals surface area contributed by atoms with Gasteiger partial charge in [0.1, 0.15) is 0 Å². The minimum Gasteiger partial charge on any atom is -0.395 e. The van der Waals surface area contributed by atoms with Gasteiger partial charge in [-0.05, 0) is 25.3 Å². The van der Waals surface area contributed by atoms with Gasteiger partial charge in [0.05, 0.1) is 18.0 Å². The maximum Gasteiger partial charge on any atom is 0.0625 e. The second-order valence-electron chi connectivity index (χ2n) is 5.59. The number of rotatable bonds is 6. The molecule has 2 rings (SSSR count). The number of aromatic nitrogens is 2. The summed E-state index contributed by atoms with van der Waals surface area (Å²) in [6.45, 7) is 4.07. The van der Waals surface area contributed by atoms with Gasteiger partial charge in [0.25, 0.3) is 0 Å². The number of aliphatic hydroxyl groups is 1. The first-order valence-electron chi connectivity index (χ1n) is 7.61. The van der Waals surface area contributed by atoms with Crippen LogP contribution in [0.15, 0.2) is 6.07 Å². The van der Waals surface area contributed by atoms with Crippen LogP contribution in [0.4, 0.5) is 0 Å². The Morgan fingerprint density at radius 2 is 2.11 bits per heavy atom. The Balaban J connectivity index is 2.04. The largest absolute Gasteiger partial charge is 0.395 e. The van der Waals surface area contributed by atoms with Crippen molar-refractivity contribution in [2.24, 2.45) is 7.05 Å². The molecule has 1 heterocycles. The Hall–Kier alpha value is -0.870. The first-order valence-corrected chi connectivity index (χ1v) is 7.61. The third-order valence-corrected chi connectivity index (χ3v) is 4.23. The van der Waals surface area contributed by atoms with Gasteiger partial charge in [-0.2, -0.15) is 5.10 Å². The SMILES string of the molecule is CCc1cc(CN(CCO)C2CCCCC2)n(C)n1. The van der Waals surface area contributed by atoms with Crippen LogP contribution >= 0.6 is 0 Å². The van der Waals surface area contributed by atoms with E-state index in [1.54, 1.807) is 0 Å². The van der Waals surface area contributed by atoms with Crippen molar-refractivity contribution in [3.8, 4) is 0 Å². The van der Waals surface area contributed by atoms with Crippen LogP contribution in [0.3, 0.4) is 0 Å². The van der Waals surface area contributed by atoms with E-state index in [9.17, 15) is 5.11 Å². The molecule has 0 atom stereocenters. The van der Waals surface area contributed by atoms with E-state index in [1.165, 1.54) is 37.8 Å². The first kappa shape index (κ1) is 14.5. The monoisotopic (exact) mass is 265 g/mol. The third kappa shape index (κ3) is 3.80. The van der Waals surface area contributed by atoms with Gasteiger partial charge in [0.2, 0.25) is 0 Å². The Morgan fingerprint density at radius 3 is 2.68 bits per heavy atom. The van der Waals surface area contributed by atoms with Gasteiger partial charge in [0.15, 0.2) is 0 Å². The van der Waals surface area contributed by atoms with Crippen molar-refractivity contribution in [1.29, 1.82) is 0 Å². The van der Waals surface area contributed by atoms with Crippen molar-refractivity contribution in [3.05, 3.63) is 17.5 Å². The lowest BCUT2D eigenvalue weighted by Crippen LogP contribution is -2.38. The zero-order valence-corrected chi connectivity index (χ0v) is 12.3. The fourth-order valence-corrected chi connectivity index (χ4v) is 3.07. The molecule has 0 spiro atoms. The Morgan fingerprint density at radius 1 is 1.37 bits per heavy atom. The molecule has 0 aromatic carbocycles. The molecular weight excluding hydrogens is 238 g/mol. The van der Waals surface area contributed by atoms with E-state index in [0.717, 1.165) is 25.2 Å². The van der Waals surface area contributed by atoms with Crippen molar-refractivity contribution in [2.75, 3.05) is 13.2 Å². The van der Waals surface area contributed by atoms with Crippen LogP contribution in [0.1, 0.15) is 50.4 Å². The Kier molecular flexibility index (Phi) is 5.40. The smallest absolute Gasteiger partial charge is 0.0625 e. The zero-order chi connectivity index (χ0) is 13.7. The highest BCUT2D eigenvalue weighted by atomic mass is 16.3. The van der Waals surface area contributed by atoms with Crippen LogP contribution in [0.2, 0.25) is 0 Å². The summed E-state index contributed by atoms with van der Waals surface area (Å²) in [7, 11) is 2.02. The molecular formula is C15H27N3O. The van der Waals surface area contributed by atoms with Gasteiger partial charge >= 0.3 is 0 Å². The molecule has 0 amide bonds. The molecule has 1 aliphatic rings. The highest BCUT2D eigenvalue weighted by Gasteiger charge is 2.21. The van der Waals surface area contributed by atoms with E-state index in [1.807, 2.05) is 11.7 Å². The molecule has 0 radical (unpaired) electrons. The first-order chi connectivity index (χ1) is 9.24. The number of aryl methyl sites for hydroxylation is 2. The number of nitrogens with zero attached hydrogens (tertiary/aromatic N) is 3. The van der Waals surface area contributed by atoms with Crippen LogP contribution in [0.5, 0.6) is 0 Å². The van der Waals surface area contributed by atoms with E-state index < -0.39 is 0 Å². The molecule has 4 nitrogen and oxygen atoms in total. The van der Waals surface area contributed by atoms with Gasteiger partial charge in [-0.25, -0.2) is 0 Å². The molecule has 1 aromatic heterocycles. The molecule has 0 unspecified atom stereocenters. The second-order valence-corrected chi connectivity index (χ2v) is 5.59. The lowest BCUT2D eigenvalue weighted by molar-refractivity contribution is 0.114. The van der Waals surface area contributed by atoms with Crippen LogP contribution in [0.25, 0.3) is 0 Å². The van der Waals surface area contributed by atoms with Gasteiger partial charge in [-0.1, -0.05) is 26.2 Å². The Labute approximate surface area is 116 Å². The van der Waals surface area contributed by atoms with E-state index in [0.29, 0.717) is 6.04 Å². The molecule has 19 heavy (non-hydrogen) atoms. The zero-order valence-electron chi connectivity index (χ0n) is 12.3. The normalized spacial score (nSPS) is 17.3. The molecule has 0 bridgehead atoms. The van der Waals surface area contributed by atoms with Crippen molar-refractivity contribution < 1.29 is 5.11 Å². The number of hydrogen-bond donors (Lipinski definition) is 1. The molecule has 108 valence electrons. The fraction of sp³-hybridized carbons (Fsp3) is 0.800. The summed E-state index contributed by atoms with van der Waals surface area (Å²) in [5.74, 6) is 0. The third-order valence-electron chi connectivity index (χ3n) is 4.23. The number of aliphatic hydroxyl groups excluding tert-OH is 1. The van der Waals surface area contributed by atoms with Crippen molar-refractivity contribution >= 4 is 0 Å². The van der Waals surface area contributed by atoms with Gasteiger partial charge in [0, 0.05) is 26.2 Å². The van der Waals surface area contributed by atoms with Crippen LogP contribution in [-0.2, 0) is 20.0 Å². The molecule has 1 aromatic rings. The summed E-state index contributed by atoms with van der Waals surface area (Å²) >= 11 is 0. The molecule has 1 fully saturated rings. The molecule has 0 aliphatic heterocycles. The molecule has 1 N–H and O–H groups in total. The van der Waals surface area contributed by atoms with Crippen molar-refractivity contribution in [1.82, 2.24) is 14.7 Å². The standard InChI is InChI=1S/C15H27N3O/c1-3-13-11-15(17(2)16-13)12-18(9-10-19)14-7-5-4-6-8-14/h11,14,19H,3-10,12H2,1-2H3. The lowest BCUT2D eigenvalue weighted by Gasteiger charge is -2.33. The lowest BCUT2D eigenvalue weighted by atomic mass is 9.94. The number of hydrogen-bond acceptors (Lipinski definition) is 3. The van der Waals surface area contributed by atoms with Crippen molar-refractivity contribution in [3.63, 3.8) is 0 Å². The maximum absolute atomic E-state index is 9.30. The van der Waals surface area contributed by atoms with E-state index >= 15 is 0 Å². The van der Waals surface area contributed by atoms with E-state index in [4.69, 9.17) is 0 Å². The van der Waals surface area contributed by atoms with Crippen molar-refractivity contribution in [2.45, 2.75) is 58.0 Å². The predicted molar refractivity (Wildman–Crippen MR) is 77.0 cm³/mol. The van der Waals surface area contributed by atoms with Gasteiger partial charge in [-0.3, -0.25) is 9.58 Å². The molecule has 0 saturated heterocycles. The summed E-state index contributed by atoms with van der Waals surface area (Å²) in [5, 5.41) is 13.8. The summed E-state index contributed by atoms with van der Waals surface area (Å²) in [4.78, 5) is 2.44. The highest BCUT2D eigenvalue weighted by molar-refractivity contribution is 5.10. The molecule has 4 heteroatoms. The average molecular weight is 265 g/mol. The fourth-order valence-electron chi connectivity index (χ4n) is 3.07. The van der Waals surface area contributed by atoms with Crippen LogP contribution in [-0.4, -0.2) is 39.0 Å². The minimum atomic E-state index is 0.245. The van der Waals surface area contributed by atoms with E-state index in [-0.39, 0.29) is 6.61 Å². The maximum atomic E-state index is 9.30. The summed E-state index contributed by atoms with van der Waals surface area (Å²) < 4.78 is 1.99. The van der Waals surface area contributed by atoms with Gasteiger partial charge in [-0.15, -0.1) is 0 Å². The summed E-state index contributed by atoms with van der Waals surface area (Å²) in [6.07, 6.45) is 7.57.